The Bertz CT molecular complexity index is 300. The van der Waals surface area contributed by atoms with Crippen molar-refractivity contribution < 1.29 is 0 Å². The van der Waals surface area contributed by atoms with E-state index in [0.717, 1.165) is 16.6 Å². The Kier molecular flexibility index (Phi) is 3.85. The highest BCUT2D eigenvalue weighted by molar-refractivity contribution is 8.09. The second kappa shape index (κ2) is 4.50. The second-order valence-electron chi connectivity index (χ2n) is 3.07. The molecule has 0 aromatic heterocycles. The minimum absolute atomic E-state index is 1.06. The standard InChI is InChI=1S/C9H12Cl2NP/c1-7-5-4-6-8(12(2)3)9(7)13(10)11/h4-6H,1-3H3. The monoisotopic (exact) mass is 235 g/mol. The summed E-state index contributed by atoms with van der Waals surface area (Å²) in [5, 5.41) is 1.06. The summed E-state index contributed by atoms with van der Waals surface area (Å²) in [6.45, 7) is 0.963. The molecule has 0 unspecified atom stereocenters. The van der Waals surface area contributed by atoms with E-state index < -0.39 is 6.63 Å². The summed E-state index contributed by atoms with van der Waals surface area (Å²) in [4.78, 5) is 2.03. The first-order chi connectivity index (χ1) is 6.04. The fourth-order valence-corrected chi connectivity index (χ4v) is 3.33. The lowest BCUT2D eigenvalue weighted by Crippen LogP contribution is -2.18. The predicted octanol–water partition coefficient (Wildman–Crippen LogP) is 3.48. The lowest BCUT2D eigenvalue weighted by Gasteiger charge is -2.19. The van der Waals surface area contributed by atoms with E-state index in [-0.39, 0.29) is 0 Å². The van der Waals surface area contributed by atoms with Gasteiger partial charge in [0.2, 0.25) is 0 Å². The Morgan fingerprint density at radius 3 is 2.23 bits per heavy atom. The van der Waals surface area contributed by atoms with Gasteiger partial charge in [0.05, 0.1) is 0 Å². The summed E-state index contributed by atoms with van der Waals surface area (Å²) >= 11 is 11.9. The van der Waals surface area contributed by atoms with Crippen LogP contribution in [0.3, 0.4) is 0 Å². The minimum Gasteiger partial charge on any atom is -0.377 e. The molecule has 1 nitrogen and oxygen atoms in total. The van der Waals surface area contributed by atoms with Crippen molar-refractivity contribution in [1.29, 1.82) is 0 Å². The summed E-state index contributed by atoms with van der Waals surface area (Å²) in [6, 6.07) is 6.08. The number of halogens is 2. The Morgan fingerprint density at radius 2 is 1.85 bits per heavy atom. The number of rotatable bonds is 2. The third-order valence-corrected chi connectivity index (χ3v) is 3.80. The Balaban J connectivity index is 3.26. The molecule has 72 valence electrons. The first-order valence-corrected chi connectivity index (χ1v) is 7.08. The highest BCUT2D eigenvalue weighted by Crippen LogP contribution is 2.48. The summed E-state index contributed by atoms with van der Waals surface area (Å²) < 4.78 is 0. The number of hydrogen-bond acceptors (Lipinski definition) is 1. The average Bonchev–Trinajstić information content (AvgIpc) is 2.02. The molecule has 0 N–H and O–H groups in total. The maximum absolute atomic E-state index is 5.96. The fourth-order valence-electron chi connectivity index (χ4n) is 1.22. The normalized spacial score (nSPS) is 10.6. The molecular weight excluding hydrogens is 224 g/mol. The zero-order valence-electron chi connectivity index (χ0n) is 7.88. The van der Waals surface area contributed by atoms with Gasteiger partial charge in [-0.3, -0.25) is 0 Å². The number of benzene rings is 1. The molecule has 0 bridgehead atoms. The smallest absolute Gasteiger partial charge is 0.119 e. The molecule has 0 aliphatic rings. The molecule has 0 aliphatic heterocycles. The van der Waals surface area contributed by atoms with Gasteiger partial charge in [-0.15, -0.1) is 0 Å². The van der Waals surface area contributed by atoms with E-state index in [1.54, 1.807) is 0 Å². The summed E-state index contributed by atoms with van der Waals surface area (Å²) in [5.41, 5.74) is 2.26. The molecule has 0 aliphatic carbocycles. The van der Waals surface area contributed by atoms with E-state index in [2.05, 4.69) is 0 Å². The number of hydrogen-bond donors (Lipinski definition) is 0. The van der Waals surface area contributed by atoms with Crippen molar-refractivity contribution in [2.45, 2.75) is 6.92 Å². The predicted molar refractivity (Wildman–Crippen MR) is 63.8 cm³/mol. The molecule has 0 fully saturated rings. The third kappa shape index (κ3) is 2.49. The fraction of sp³-hybridized carbons (Fsp3) is 0.333. The minimum atomic E-state index is -1.07. The van der Waals surface area contributed by atoms with Crippen LogP contribution >= 0.6 is 29.1 Å². The van der Waals surface area contributed by atoms with Crippen LogP contribution < -0.4 is 10.2 Å². The van der Waals surface area contributed by atoms with Crippen molar-refractivity contribution >= 4 is 40.1 Å². The van der Waals surface area contributed by atoms with Gasteiger partial charge < -0.3 is 4.90 Å². The first kappa shape index (κ1) is 11.1. The molecule has 0 radical (unpaired) electrons. The van der Waals surface area contributed by atoms with E-state index in [9.17, 15) is 0 Å². The van der Waals surface area contributed by atoms with Crippen LogP contribution in [-0.4, -0.2) is 14.1 Å². The van der Waals surface area contributed by atoms with Gasteiger partial charge in [-0.05, 0) is 18.6 Å². The van der Waals surface area contributed by atoms with Crippen molar-refractivity contribution in [3.8, 4) is 0 Å². The van der Waals surface area contributed by atoms with E-state index in [4.69, 9.17) is 22.5 Å². The second-order valence-corrected chi connectivity index (χ2v) is 6.53. The third-order valence-electron chi connectivity index (χ3n) is 1.87. The highest BCUT2D eigenvalue weighted by Gasteiger charge is 2.13. The molecule has 1 aromatic carbocycles. The quantitative estimate of drug-likeness (QED) is 0.710. The highest BCUT2D eigenvalue weighted by atomic mass is 35.9. The maximum atomic E-state index is 5.96. The SMILES string of the molecule is Cc1cccc(N(C)C)c1P(Cl)Cl. The molecule has 0 spiro atoms. The number of nitrogens with zero attached hydrogens (tertiary/aromatic N) is 1. The van der Waals surface area contributed by atoms with Crippen LogP contribution in [0.5, 0.6) is 0 Å². The van der Waals surface area contributed by atoms with Crippen molar-refractivity contribution in [2.24, 2.45) is 0 Å². The molecule has 13 heavy (non-hydrogen) atoms. The van der Waals surface area contributed by atoms with Gasteiger partial charge in [-0.1, -0.05) is 34.6 Å². The molecule has 0 atom stereocenters. The summed E-state index contributed by atoms with van der Waals surface area (Å²) in [7, 11) is 3.98. The summed E-state index contributed by atoms with van der Waals surface area (Å²) in [6.07, 6.45) is 0. The van der Waals surface area contributed by atoms with Crippen LogP contribution in [0.15, 0.2) is 18.2 Å². The van der Waals surface area contributed by atoms with Gasteiger partial charge in [0.25, 0.3) is 0 Å². The zero-order valence-corrected chi connectivity index (χ0v) is 10.3. The van der Waals surface area contributed by atoms with Crippen LogP contribution in [0, 0.1) is 6.92 Å². The first-order valence-electron chi connectivity index (χ1n) is 3.92. The van der Waals surface area contributed by atoms with E-state index in [1.807, 2.05) is 44.1 Å². The van der Waals surface area contributed by atoms with Crippen LogP contribution in [0.25, 0.3) is 0 Å². The molecule has 0 amide bonds. The molecular formula is C9H12Cl2NP. The lowest BCUT2D eigenvalue weighted by atomic mass is 10.2. The Morgan fingerprint density at radius 1 is 1.23 bits per heavy atom. The van der Waals surface area contributed by atoms with Crippen LogP contribution in [0.2, 0.25) is 0 Å². The van der Waals surface area contributed by atoms with Gasteiger partial charge >= 0.3 is 0 Å². The molecule has 1 rings (SSSR count). The lowest BCUT2D eigenvalue weighted by molar-refractivity contribution is 1.14. The number of aryl methyl sites for hydroxylation is 1. The van der Waals surface area contributed by atoms with Crippen LogP contribution in [0.1, 0.15) is 5.56 Å². The zero-order chi connectivity index (χ0) is 10.0. The molecule has 0 heterocycles. The van der Waals surface area contributed by atoms with Gasteiger partial charge in [-0.25, -0.2) is 0 Å². The van der Waals surface area contributed by atoms with Gasteiger partial charge in [0.1, 0.15) is 6.63 Å². The van der Waals surface area contributed by atoms with E-state index >= 15 is 0 Å². The molecule has 0 saturated heterocycles. The Labute approximate surface area is 90.0 Å². The largest absolute Gasteiger partial charge is 0.377 e. The van der Waals surface area contributed by atoms with Crippen molar-refractivity contribution in [3.05, 3.63) is 23.8 Å². The Hall–Kier alpha value is 0.0300. The number of anilines is 1. The topological polar surface area (TPSA) is 3.24 Å². The van der Waals surface area contributed by atoms with E-state index in [0.29, 0.717) is 0 Å². The van der Waals surface area contributed by atoms with Crippen molar-refractivity contribution in [3.63, 3.8) is 0 Å². The maximum Gasteiger partial charge on any atom is 0.119 e. The van der Waals surface area contributed by atoms with E-state index in [1.165, 1.54) is 0 Å². The molecule has 4 heteroatoms. The van der Waals surface area contributed by atoms with Gasteiger partial charge in [0.15, 0.2) is 0 Å². The van der Waals surface area contributed by atoms with Crippen LogP contribution in [0.4, 0.5) is 5.69 Å². The van der Waals surface area contributed by atoms with Crippen molar-refractivity contribution in [1.82, 2.24) is 0 Å². The van der Waals surface area contributed by atoms with Gasteiger partial charge in [-0.2, -0.15) is 0 Å². The van der Waals surface area contributed by atoms with Crippen molar-refractivity contribution in [2.75, 3.05) is 19.0 Å². The molecule has 1 aromatic rings. The van der Waals surface area contributed by atoms with Gasteiger partial charge in [0, 0.05) is 25.1 Å². The molecule has 0 saturated carbocycles. The van der Waals surface area contributed by atoms with Crippen LogP contribution in [-0.2, 0) is 0 Å². The summed E-state index contributed by atoms with van der Waals surface area (Å²) in [5.74, 6) is 0. The average molecular weight is 236 g/mol.